The van der Waals surface area contributed by atoms with Gasteiger partial charge in [-0.2, -0.15) is 0 Å². The van der Waals surface area contributed by atoms with Crippen molar-refractivity contribution in [2.75, 3.05) is 11.9 Å². The Kier molecular flexibility index (Phi) is 4.65. The predicted octanol–water partition coefficient (Wildman–Crippen LogP) is 1.72. The molecule has 1 aromatic heterocycles. The average Bonchev–Trinajstić information content (AvgIpc) is 2.28. The zero-order valence-corrected chi connectivity index (χ0v) is 10.7. The molecule has 0 aliphatic rings. The molecule has 0 radical (unpaired) electrons. The van der Waals surface area contributed by atoms with Crippen LogP contribution in [0.1, 0.15) is 19.5 Å². The van der Waals surface area contributed by atoms with Crippen LogP contribution < -0.4 is 5.32 Å². The van der Waals surface area contributed by atoms with Crippen molar-refractivity contribution in [2.45, 2.75) is 26.8 Å². The summed E-state index contributed by atoms with van der Waals surface area (Å²) >= 11 is 0. The van der Waals surface area contributed by atoms with Crippen molar-refractivity contribution in [2.24, 2.45) is 0 Å². The Morgan fingerprint density at radius 3 is 2.56 bits per heavy atom. The maximum Gasteiger partial charge on any atom is 0.323 e. The lowest BCUT2D eigenvalue weighted by Crippen LogP contribution is -2.43. The Morgan fingerprint density at radius 2 is 2.11 bits per heavy atom. The minimum atomic E-state index is -1.04. The molecule has 2 N–H and O–H groups in total. The van der Waals surface area contributed by atoms with Crippen LogP contribution in [0.25, 0.3) is 0 Å². The van der Waals surface area contributed by atoms with Gasteiger partial charge in [-0.1, -0.05) is 0 Å². The van der Waals surface area contributed by atoms with E-state index in [9.17, 15) is 9.59 Å². The molecule has 0 unspecified atom stereocenters. The summed E-state index contributed by atoms with van der Waals surface area (Å²) in [7, 11) is 0. The topological polar surface area (TPSA) is 82.5 Å². The van der Waals surface area contributed by atoms with Crippen molar-refractivity contribution in [1.29, 1.82) is 0 Å². The van der Waals surface area contributed by atoms with E-state index in [0.29, 0.717) is 5.69 Å². The average molecular weight is 251 g/mol. The first-order chi connectivity index (χ1) is 8.40. The summed E-state index contributed by atoms with van der Waals surface area (Å²) in [4.78, 5) is 27.9. The number of anilines is 1. The van der Waals surface area contributed by atoms with E-state index in [1.165, 1.54) is 11.1 Å². The molecular weight excluding hydrogens is 234 g/mol. The molecule has 6 nitrogen and oxygen atoms in total. The second kappa shape index (κ2) is 6.00. The summed E-state index contributed by atoms with van der Waals surface area (Å²) in [6.07, 6.45) is 1.53. The van der Waals surface area contributed by atoms with E-state index in [0.717, 1.165) is 5.69 Å². The number of carbonyl (C=O) groups is 2. The maximum absolute atomic E-state index is 11.9. The van der Waals surface area contributed by atoms with E-state index < -0.39 is 12.0 Å². The van der Waals surface area contributed by atoms with E-state index >= 15 is 0 Å². The third kappa shape index (κ3) is 4.04. The number of nitrogens with one attached hydrogen (secondary N) is 1. The van der Waals surface area contributed by atoms with Gasteiger partial charge in [-0.15, -0.1) is 0 Å². The Hall–Kier alpha value is -2.11. The van der Waals surface area contributed by atoms with Crippen LogP contribution in [0.5, 0.6) is 0 Å². The number of urea groups is 1. The molecule has 0 aliphatic carbocycles. The Balaban J connectivity index is 2.72. The highest BCUT2D eigenvalue weighted by atomic mass is 16.4. The second-order valence-electron chi connectivity index (χ2n) is 4.23. The molecule has 0 saturated carbocycles. The van der Waals surface area contributed by atoms with Crippen LogP contribution in [-0.2, 0) is 4.79 Å². The van der Waals surface area contributed by atoms with Gasteiger partial charge in [0.2, 0.25) is 0 Å². The van der Waals surface area contributed by atoms with Crippen LogP contribution in [0.3, 0.4) is 0 Å². The van der Waals surface area contributed by atoms with Gasteiger partial charge in [-0.3, -0.25) is 9.78 Å². The van der Waals surface area contributed by atoms with Gasteiger partial charge in [0.1, 0.15) is 6.54 Å². The molecule has 0 bridgehead atoms. The van der Waals surface area contributed by atoms with Crippen LogP contribution in [-0.4, -0.2) is 39.6 Å². The fourth-order valence-corrected chi connectivity index (χ4v) is 1.37. The number of carboxylic acids is 1. The summed E-state index contributed by atoms with van der Waals surface area (Å²) in [5.41, 5.74) is 1.39. The fourth-order valence-electron chi connectivity index (χ4n) is 1.37. The van der Waals surface area contributed by atoms with Crippen LogP contribution in [0, 0.1) is 6.92 Å². The monoisotopic (exact) mass is 251 g/mol. The highest BCUT2D eigenvalue weighted by molar-refractivity contribution is 5.91. The van der Waals surface area contributed by atoms with Gasteiger partial charge in [-0.25, -0.2) is 4.79 Å². The predicted molar refractivity (Wildman–Crippen MR) is 67.5 cm³/mol. The van der Waals surface area contributed by atoms with Gasteiger partial charge in [0.15, 0.2) is 0 Å². The van der Waals surface area contributed by atoms with E-state index in [2.05, 4.69) is 10.3 Å². The standard InChI is InChI=1S/C12H17N3O3/c1-8(2)15(7-11(16)17)12(18)14-10-5-4-9(3)13-6-10/h4-6,8H,7H2,1-3H3,(H,14,18)(H,16,17). The first-order valence-corrected chi connectivity index (χ1v) is 5.62. The van der Waals surface area contributed by atoms with Crippen LogP contribution in [0.2, 0.25) is 0 Å². The van der Waals surface area contributed by atoms with Crippen LogP contribution >= 0.6 is 0 Å². The summed E-state index contributed by atoms with van der Waals surface area (Å²) < 4.78 is 0. The molecule has 2 amide bonds. The first-order valence-electron chi connectivity index (χ1n) is 5.62. The van der Waals surface area contributed by atoms with Crippen molar-refractivity contribution < 1.29 is 14.7 Å². The molecule has 1 rings (SSSR count). The Labute approximate surface area is 106 Å². The zero-order valence-electron chi connectivity index (χ0n) is 10.7. The van der Waals surface area contributed by atoms with Crippen molar-refractivity contribution in [3.63, 3.8) is 0 Å². The maximum atomic E-state index is 11.9. The molecule has 1 aromatic rings. The van der Waals surface area contributed by atoms with Gasteiger partial charge in [-0.05, 0) is 32.9 Å². The number of hydrogen-bond donors (Lipinski definition) is 2. The first kappa shape index (κ1) is 14.0. The molecule has 0 saturated heterocycles. The van der Waals surface area contributed by atoms with E-state index in [1.54, 1.807) is 26.0 Å². The molecule has 0 aromatic carbocycles. The zero-order chi connectivity index (χ0) is 13.7. The molecule has 0 spiro atoms. The van der Waals surface area contributed by atoms with E-state index in [1.807, 2.05) is 6.92 Å². The molecule has 98 valence electrons. The number of carbonyl (C=O) groups excluding carboxylic acids is 1. The van der Waals surface area contributed by atoms with Gasteiger partial charge >= 0.3 is 12.0 Å². The minimum Gasteiger partial charge on any atom is -0.480 e. The largest absolute Gasteiger partial charge is 0.480 e. The summed E-state index contributed by atoms with van der Waals surface area (Å²) in [5, 5.41) is 11.4. The van der Waals surface area contributed by atoms with Crippen LogP contribution in [0.4, 0.5) is 10.5 Å². The minimum absolute atomic E-state index is 0.195. The lowest BCUT2D eigenvalue weighted by Gasteiger charge is -2.25. The molecular formula is C12H17N3O3. The number of amides is 2. The summed E-state index contributed by atoms with van der Waals surface area (Å²) in [6.45, 7) is 5.03. The fraction of sp³-hybridized carbons (Fsp3) is 0.417. The molecule has 0 atom stereocenters. The molecule has 6 heteroatoms. The number of nitrogens with zero attached hydrogens (tertiary/aromatic N) is 2. The van der Waals surface area contributed by atoms with Crippen molar-refractivity contribution in [3.05, 3.63) is 24.0 Å². The van der Waals surface area contributed by atoms with Crippen molar-refractivity contribution in [1.82, 2.24) is 9.88 Å². The summed E-state index contributed by atoms with van der Waals surface area (Å²) in [5.74, 6) is -1.04. The third-order valence-electron chi connectivity index (χ3n) is 2.35. The second-order valence-corrected chi connectivity index (χ2v) is 4.23. The SMILES string of the molecule is Cc1ccc(NC(=O)N(CC(=O)O)C(C)C)cn1. The quantitative estimate of drug-likeness (QED) is 0.853. The Bertz CT molecular complexity index is 429. The smallest absolute Gasteiger partial charge is 0.323 e. The third-order valence-corrected chi connectivity index (χ3v) is 2.35. The lowest BCUT2D eigenvalue weighted by atomic mass is 10.3. The van der Waals surface area contributed by atoms with Crippen molar-refractivity contribution in [3.8, 4) is 0 Å². The van der Waals surface area contributed by atoms with E-state index in [4.69, 9.17) is 5.11 Å². The van der Waals surface area contributed by atoms with Crippen LogP contribution in [0.15, 0.2) is 18.3 Å². The number of aliphatic carboxylic acids is 1. The Morgan fingerprint density at radius 1 is 1.44 bits per heavy atom. The number of aryl methyl sites for hydroxylation is 1. The molecule has 18 heavy (non-hydrogen) atoms. The van der Waals surface area contributed by atoms with Gasteiger partial charge in [0.05, 0.1) is 11.9 Å². The summed E-state index contributed by atoms with van der Waals surface area (Å²) in [6, 6.07) is 2.85. The lowest BCUT2D eigenvalue weighted by molar-refractivity contribution is -0.137. The number of pyridine rings is 1. The van der Waals surface area contributed by atoms with Gasteiger partial charge in [0.25, 0.3) is 0 Å². The highest BCUT2D eigenvalue weighted by Gasteiger charge is 2.19. The highest BCUT2D eigenvalue weighted by Crippen LogP contribution is 2.08. The normalized spacial score (nSPS) is 10.2. The number of carboxylic acid groups (broad SMARTS) is 1. The van der Waals surface area contributed by atoms with Gasteiger partial charge < -0.3 is 15.3 Å². The number of hydrogen-bond acceptors (Lipinski definition) is 3. The molecule has 0 aliphatic heterocycles. The number of rotatable bonds is 4. The van der Waals surface area contributed by atoms with E-state index in [-0.39, 0.29) is 12.6 Å². The van der Waals surface area contributed by atoms with Crippen molar-refractivity contribution >= 4 is 17.7 Å². The number of aromatic nitrogens is 1. The molecule has 0 fully saturated rings. The van der Waals surface area contributed by atoms with Gasteiger partial charge in [0, 0.05) is 11.7 Å². The molecule has 1 heterocycles.